The first-order valence-electron chi connectivity index (χ1n) is 6.20. The van der Waals surface area contributed by atoms with Crippen molar-refractivity contribution in [2.45, 2.75) is 12.5 Å². The second-order valence-electron chi connectivity index (χ2n) is 4.39. The van der Waals surface area contributed by atoms with Crippen molar-refractivity contribution in [3.63, 3.8) is 0 Å². The molecule has 1 atom stereocenters. The third-order valence-corrected chi connectivity index (χ3v) is 4.96. The lowest BCUT2D eigenvalue weighted by molar-refractivity contribution is 0.218. The van der Waals surface area contributed by atoms with Crippen molar-refractivity contribution in [1.82, 2.24) is 4.90 Å². The number of rotatable bonds is 3. The second kappa shape index (κ2) is 7.01. The molecule has 5 heteroatoms. The molecule has 0 radical (unpaired) electrons. The summed E-state index contributed by atoms with van der Waals surface area (Å²) in [5, 5.41) is 1.43. The van der Waals surface area contributed by atoms with E-state index in [1.165, 1.54) is 12.2 Å². The number of halogens is 2. The number of hydrogen-bond acceptors (Lipinski definition) is 3. The number of benzene rings is 1. The van der Waals surface area contributed by atoms with Crippen molar-refractivity contribution in [2.24, 2.45) is 5.73 Å². The molecule has 1 unspecified atom stereocenters. The van der Waals surface area contributed by atoms with Gasteiger partial charge in [0.2, 0.25) is 0 Å². The predicted octanol–water partition coefficient (Wildman–Crippen LogP) is 3.43. The van der Waals surface area contributed by atoms with Gasteiger partial charge in [-0.05, 0) is 30.9 Å². The van der Waals surface area contributed by atoms with Gasteiger partial charge < -0.3 is 5.73 Å². The van der Waals surface area contributed by atoms with Crippen LogP contribution in [0.1, 0.15) is 18.0 Å². The maximum Gasteiger partial charge on any atom is 0.0500 e. The fourth-order valence-electron chi connectivity index (χ4n) is 2.36. The zero-order chi connectivity index (χ0) is 13.0. The molecule has 1 aromatic rings. The van der Waals surface area contributed by atoms with Crippen LogP contribution in [-0.2, 0) is 0 Å². The van der Waals surface area contributed by atoms with E-state index in [9.17, 15) is 0 Å². The molecule has 18 heavy (non-hydrogen) atoms. The van der Waals surface area contributed by atoms with E-state index in [1.54, 1.807) is 0 Å². The first-order chi connectivity index (χ1) is 8.74. The predicted molar refractivity (Wildman–Crippen MR) is 81.8 cm³/mol. The average Bonchev–Trinajstić information content (AvgIpc) is 2.63. The summed E-state index contributed by atoms with van der Waals surface area (Å²) in [5.74, 6) is 2.38. The Morgan fingerprint density at radius 3 is 2.61 bits per heavy atom. The first kappa shape index (κ1) is 14.5. The fourth-order valence-corrected chi connectivity index (χ4v) is 3.91. The van der Waals surface area contributed by atoms with Gasteiger partial charge in [0, 0.05) is 40.5 Å². The number of hydrogen-bond donors (Lipinski definition) is 1. The van der Waals surface area contributed by atoms with E-state index in [2.05, 4.69) is 4.90 Å². The van der Waals surface area contributed by atoms with Crippen molar-refractivity contribution in [3.05, 3.63) is 33.8 Å². The monoisotopic (exact) mass is 304 g/mol. The van der Waals surface area contributed by atoms with Crippen molar-refractivity contribution in [1.29, 1.82) is 0 Å². The lowest BCUT2D eigenvalue weighted by Crippen LogP contribution is -2.35. The second-order valence-corrected chi connectivity index (χ2v) is 6.43. The Bertz CT molecular complexity index is 372. The Morgan fingerprint density at radius 1 is 1.22 bits per heavy atom. The summed E-state index contributed by atoms with van der Waals surface area (Å²) in [6, 6.07) is 5.78. The van der Waals surface area contributed by atoms with E-state index in [-0.39, 0.29) is 6.04 Å². The maximum absolute atomic E-state index is 6.29. The summed E-state index contributed by atoms with van der Waals surface area (Å²) >= 11 is 14.6. The fraction of sp³-hybridized carbons (Fsp3) is 0.538. The molecule has 0 amide bonds. The molecule has 0 bridgehead atoms. The number of nitrogens with two attached hydrogens (primary N) is 1. The highest BCUT2D eigenvalue weighted by Crippen LogP contribution is 2.34. The maximum atomic E-state index is 6.29. The molecule has 1 fully saturated rings. The highest BCUT2D eigenvalue weighted by Gasteiger charge is 2.24. The molecule has 2 rings (SSSR count). The molecule has 1 aliphatic heterocycles. The van der Waals surface area contributed by atoms with Crippen LogP contribution in [-0.4, -0.2) is 36.0 Å². The van der Waals surface area contributed by atoms with Crippen LogP contribution in [0.25, 0.3) is 0 Å². The lowest BCUT2D eigenvalue weighted by Gasteiger charge is -2.31. The van der Waals surface area contributed by atoms with Crippen molar-refractivity contribution < 1.29 is 0 Å². The van der Waals surface area contributed by atoms with E-state index in [0.717, 1.165) is 34.5 Å². The molecule has 2 nitrogen and oxygen atoms in total. The van der Waals surface area contributed by atoms with Crippen molar-refractivity contribution in [2.75, 3.05) is 31.1 Å². The van der Waals surface area contributed by atoms with Crippen LogP contribution in [0.3, 0.4) is 0 Å². The minimum absolute atomic E-state index is 0.130. The molecular formula is C13H18Cl2N2S. The van der Waals surface area contributed by atoms with Crippen LogP contribution in [0.2, 0.25) is 10.0 Å². The van der Waals surface area contributed by atoms with Crippen LogP contribution in [0.5, 0.6) is 0 Å². The van der Waals surface area contributed by atoms with Gasteiger partial charge in [-0.3, -0.25) is 4.90 Å². The Balaban J connectivity index is 2.26. The van der Waals surface area contributed by atoms with E-state index in [4.69, 9.17) is 28.9 Å². The van der Waals surface area contributed by atoms with Gasteiger partial charge in [0.1, 0.15) is 0 Å². The van der Waals surface area contributed by atoms with Gasteiger partial charge in [-0.25, -0.2) is 0 Å². The molecule has 2 N–H and O–H groups in total. The minimum Gasteiger partial charge on any atom is -0.329 e. The molecule has 0 spiro atoms. The summed E-state index contributed by atoms with van der Waals surface area (Å²) in [6.45, 7) is 2.67. The normalized spacial score (nSPS) is 19.5. The van der Waals surface area contributed by atoms with Gasteiger partial charge >= 0.3 is 0 Å². The first-order valence-corrected chi connectivity index (χ1v) is 8.11. The molecule has 100 valence electrons. The molecule has 0 aliphatic carbocycles. The van der Waals surface area contributed by atoms with E-state index in [1.807, 2.05) is 30.0 Å². The Kier molecular flexibility index (Phi) is 5.64. The zero-order valence-electron chi connectivity index (χ0n) is 10.2. The average molecular weight is 305 g/mol. The highest BCUT2D eigenvalue weighted by atomic mass is 35.5. The zero-order valence-corrected chi connectivity index (χ0v) is 12.6. The third kappa shape index (κ3) is 3.34. The molecule has 1 aromatic carbocycles. The molecule has 1 aliphatic rings. The largest absolute Gasteiger partial charge is 0.329 e. The van der Waals surface area contributed by atoms with Crippen LogP contribution >= 0.6 is 35.0 Å². The topological polar surface area (TPSA) is 29.3 Å². The van der Waals surface area contributed by atoms with Crippen molar-refractivity contribution in [3.8, 4) is 0 Å². The van der Waals surface area contributed by atoms with Crippen LogP contribution in [0.4, 0.5) is 0 Å². The molecular weight excluding hydrogens is 287 g/mol. The summed E-state index contributed by atoms with van der Waals surface area (Å²) < 4.78 is 0. The Labute approximate surface area is 123 Å². The third-order valence-electron chi connectivity index (χ3n) is 3.25. The van der Waals surface area contributed by atoms with E-state index in [0.29, 0.717) is 6.54 Å². The van der Waals surface area contributed by atoms with Gasteiger partial charge in [0.15, 0.2) is 0 Å². The summed E-state index contributed by atoms with van der Waals surface area (Å²) in [6.07, 6.45) is 1.20. The molecule has 1 heterocycles. The van der Waals surface area contributed by atoms with Crippen LogP contribution in [0, 0.1) is 0 Å². The minimum atomic E-state index is 0.130. The van der Waals surface area contributed by atoms with Crippen molar-refractivity contribution >= 4 is 35.0 Å². The molecule has 0 saturated carbocycles. The summed E-state index contributed by atoms with van der Waals surface area (Å²) in [7, 11) is 0. The lowest BCUT2D eigenvalue weighted by atomic mass is 10.0. The summed E-state index contributed by atoms with van der Waals surface area (Å²) in [5.41, 5.74) is 6.94. The van der Waals surface area contributed by atoms with Gasteiger partial charge in [-0.1, -0.05) is 29.3 Å². The van der Waals surface area contributed by atoms with Gasteiger partial charge in [-0.2, -0.15) is 11.8 Å². The van der Waals surface area contributed by atoms with Gasteiger partial charge in [-0.15, -0.1) is 0 Å². The molecule has 0 aromatic heterocycles. The highest BCUT2D eigenvalue weighted by molar-refractivity contribution is 7.99. The van der Waals surface area contributed by atoms with Crippen LogP contribution in [0.15, 0.2) is 18.2 Å². The Hall–Kier alpha value is 0.0700. The van der Waals surface area contributed by atoms with Gasteiger partial charge in [0.05, 0.1) is 0 Å². The standard InChI is InChI=1S/C13H18Cl2N2S/c14-10-3-1-4-11(15)13(10)12(9-16)17-5-2-7-18-8-6-17/h1,3-4,12H,2,5-9,16H2. The summed E-state index contributed by atoms with van der Waals surface area (Å²) in [4.78, 5) is 2.41. The quantitative estimate of drug-likeness (QED) is 0.927. The number of nitrogens with zero attached hydrogens (tertiary/aromatic N) is 1. The van der Waals surface area contributed by atoms with E-state index >= 15 is 0 Å². The Morgan fingerprint density at radius 2 is 1.94 bits per heavy atom. The smallest absolute Gasteiger partial charge is 0.0500 e. The van der Waals surface area contributed by atoms with E-state index < -0.39 is 0 Å². The SMILES string of the molecule is NCC(c1c(Cl)cccc1Cl)N1CCCSCC1. The van der Waals surface area contributed by atoms with Crippen LogP contribution < -0.4 is 5.73 Å². The van der Waals surface area contributed by atoms with Gasteiger partial charge in [0.25, 0.3) is 0 Å². The molecule has 1 saturated heterocycles. The number of thioether (sulfide) groups is 1.